The third-order valence-corrected chi connectivity index (χ3v) is 9.61. The van der Waals surface area contributed by atoms with Crippen molar-refractivity contribution in [2.45, 2.75) is 0 Å². The van der Waals surface area contributed by atoms with E-state index in [0.29, 0.717) is 0 Å². The van der Waals surface area contributed by atoms with Gasteiger partial charge < -0.3 is 9.47 Å². The van der Waals surface area contributed by atoms with Gasteiger partial charge in [0.2, 0.25) is 0 Å². The second-order valence-corrected chi connectivity index (χ2v) is 12.6. The topological polar surface area (TPSA) is 8.17 Å². The fraction of sp³-hybridized carbons (Fsp3) is 0. The minimum absolute atomic E-state index is 1.10. The first-order valence-electron chi connectivity index (χ1n) is 17.1. The van der Waals surface area contributed by atoms with E-state index in [9.17, 15) is 0 Å². The molecule has 0 amide bonds. The lowest BCUT2D eigenvalue weighted by molar-refractivity contribution is 1.18. The van der Waals surface area contributed by atoms with Crippen molar-refractivity contribution in [1.82, 2.24) is 4.57 Å². The van der Waals surface area contributed by atoms with E-state index >= 15 is 0 Å². The molecule has 0 N–H and O–H groups in total. The Labute approximate surface area is 292 Å². The molecule has 1 heterocycles. The first-order chi connectivity index (χ1) is 24.8. The highest BCUT2D eigenvalue weighted by atomic mass is 15.1. The summed E-state index contributed by atoms with van der Waals surface area (Å²) in [7, 11) is 0. The molecule has 236 valence electrons. The number of nitrogens with zero attached hydrogens (tertiary/aromatic N) is 2. The van der Waals surface area contributed by atoms with Crippen molar-refractivity contribution in [2.24, 2.45) is 0 Å². The first-order valence-corrected chi connectivity index (χ1v) is 17.1. The number of rotatable bonds is 7. The lowest BCUT2D eigenvalue weighted by atomic mass is 9.98. The molecule has 0 saturated carbocycles. The maximum absolute atomic E-state index is 2.42. The van der Waals surface area contributed by atoms with Gasteiger partial charge >= 0.3 is 0 Å². The van der Waals surface area contributed by atoms with Crippen molar-refractivity contribution in [3.63, 3.8) is 0 Å². The summed E-state index contributed by atoms with van der Waals surface area (Å²) in [4.78, 5) is 2.40. The summed E-state index contributed by atoms with van der Waals surface area (Å²) in [6.45, 7) is 0. The third-order valence-electron chi connectivity index (χ3n) is 9.61. The Balaban J connectivity index is 1.26. The average Bonchev–Trinajstić information content (AvgIpc) is 3.55. The van der Waals surface area contributed by atoms with Crippen molar-refractivity contribution in [2.75, 3.05) is 4.90 Å². The van der Waals surface area contributed by atoms with Gasteiger partial charge in [0.15, 0.2) is 0 Å². The minimum Gasteiger partial charge on any atom is -0.310 e. The number of hydrogen-bond donors (Lipinski definition) is 0. The van der Waals surface area contributed by atoms with Crippen molar-refractivity contribution in [3.05, 3.63) is 206 Å². The summed E-state index contributed by atoms with van der Waals surface area (Å²) < 4.78 is 2.42. The number of hydrogen-bond acceptors (Lipinski definition) is 1. The molecular formula is C48H34N2. The van der Waals surface area contributed by atoms with Crippen LogP contribution in [0.5, 0.6) is 0 Å². The third kappa shape index (κ3) is 5.24. The van der Waals surface area contributed by atoms with E-state index in [1.165, 1.54) is 49.6 Å². The van der Waals surface area contributed by atoms with E-state index in [2.05, 4.69) is 216 Å². The van der Waals surface area contributed by atoms with Crippen LogP contribution >= 0.6 is 0 Å². The lowest BCUT2D eigenvalue weighted by Crippen LogP contribution is -2.11. The molecule has 8 aromatic carbocycles. The molecule has 0 aliphatic carbocycles. The van der Waals surface area contributed by atoms with Crippen molar-refractivity contribution in [1.29, 1.82) is 0 Å². The summed E-state index contributed by atoms with van der Waals surface area (Å²) in [5.41, 5.74) is 14.0. The summed E-state index contributed by atoms with van der Waals surface area (Å²) >= 11 is 0. The molecule has 0 spiro atoms. The normalized spacial score (nSPS) is 11.2. The molecule has 0 saturated heterocycles. The van der Waals surface area contributed by atoms with E-state index < -0.39 is 0 Å². The van der Waals surface area contributed by atoms with Crippen LogP contribution in [0.2, 0.25) is 0 Å². The smallest absolute Gasteiger partial charge is 0.0620 e. The molecule has 0 aliphatic rings. The summed E-state index contributed by atoms with van der Waals surface area (Å²) in [6.07, 6.45) is 0. The first kappa shape index (κ1) is 29.5. The van der Waals surface area contributed by atoms with Crippen LogP contribution in [0.3, 0.4) is 0 Å². The van der Waals surface area contributed by atoms with Crippen molar-refractivity contribution in [3.8, 4) is 39.1 Å². The predicted octanol–water partition coefficient (Wildman–Crippen LogP) is 13.3. The Morgan fingerprint density at radius 3 is 1.40 bits per heavy atom. The largest absolute Gasteiger partial charge is 0.310 e. The highest BCUT2D eigenvalue weighted by molar-refractivity contribution is 6.14. The van der Waals surface area contributed by atoms with Crippen LogP contribution in [0.15, 0.2) is 206 Å². The Kier molecular flexibility index (Phi) is 7.53. The van der Waals surface area contributed by atoms with E-state index in [4.69, 9.17) is 0 Å². The molecule has 9 aromatic rings. The Hall–Kier alpha value is -6.64. The van der Waals surface area contributed by atoms with Gasteiger partial charge in [0.1, 0.15) is 0 Å². The van der Waals surface area contributed by atoms with Gasteiger partial charge in [0.05, 0.1) is 16.7 Å². The molecule has 2 heteroatoms. The van der Waals surface area contributed by atoms with Crippen LogP contribution in [0.4, 0.5) is 17.1 Å². The Morgan fingerprint density at radius 2 is 0.780 bits per heavy atom. The Morgan fingerprint density at radius 1 is 0.320 bits per heavy atom. The Bertz CT molecular complexity index is 2470. The zero-order valence-corrected chi connectivity index (χ0v) is 27.5. The number of aromatic nitrogens is 1. The summed E-state index contributed by atoms with van der Waals surface area (Å²) in [5, 5.41) is 2.48. The van der Waals surface area contributed by atoms with Crippen LogP contribution in [0, 0.1) is 0 Å². The van der Waals surface area contributed by atoms with Crippen molar-refractivity contribution < 1.29 is 0 Å². The highest BCUT2D eigenvalue weighted by Crippen LogP contribution is 2.45. The number of fused-ring (bicyclic) bond motifs is 3. The fourth-order valence-electron chi connectivity index (χ4n) is 7.27. The van der Waals surface area contributed by atoms with E-state index in [1.807, 2.05) is 0 Å². The monoisotopic (exact) mass is 638 g/mol. The SMILES string of the molecule is c1ccc(-c2ccc(N(c3ccc(-c4ccccc4)cc3)c3ccccc3-c3cccc4c5ccccc5n(-c5ccccc5)c34)cc2)cc1. The van der Waals surface area contributed by atoms with Crippen LogP contribution in [0.1, 0.15) is 0 Å². The van der Waals surface area contributed by atoms with Gasteiger partial charge in [-0.25, -0.2) is 0 Å². The van der Waals surface area contributed by atoms with E-state index in [-0.39, 0.29) is 0 Å². The molecule has 9 rings (SSSR count). The zero-order valence-electron chi connectivity index (χ0n) is 27.5. The van der Waals surface area contributed by atoms with Crippen LogP contribution in [0.25, 0.3) is 60.9 Å². The molecule has 0 atom stereocenters. The molecule has 50 heavy (non-hydrogen) atoms. The zero-order chi connectivity index (χ0) is 33.3. The van der Waals surface area contributed by atoms with Gasteiger partial charge in [0, 0.05) is 39.0 Å². The number of anilines is 3. The minimum atomic E-state index is 1.10. The predicted molar refractivity (Wildman–Crippen MR) is 212 cm³/mol. The molecule has 0 fully saturated rings. The summed E-state index contributed by atoms with van der Waals surface area (Å²) in [6, 6.07) is 74.0. The molecule has 0 radical (unpaired) electrons. The molecule has 0 bridgehead atoms. The van der Waals surface area contributed by atoms with Gasteiger partial charge in [-0.1, -0.05) is 158 Å². The summed E-state index contributed by atoms with van der Waals surface area (Å²) in [5.74, 6) is 0. The van der Waals surface area contributed by atoms with Gasteiger partial charge in [-0.05, 0) is 70.8 Å². The quantitative estimate of drug-likeness (QED) is 0.169. The standard InChI is InChI=1S/C48H34N2/c1-4-15-35(16-5-1)37-27-31-40(32-28-37)49(41-33-29-38(30-34-41)36-17-6-2-7-18-36)46-25-12-10-21-42(46)44-23-14-24-45-43-22-11-13-26-47(43)50(48(44)45)39-19-8-3-9-20-39/h1-34H. The van der Waals surface area contributed by atoms with E-state index in [0.717, 1.165) is 28.3 Å². The van der Waals surface area contributed by atoms with Crippen LogP contribution in [-0.2, 0) is 0 Å². The maximum atomic E-state index is 2.42. The van der Waals surface area contributed by atoms with Gasteiger partial charge in [-0.15, -0.1) is 0 Å². The van der Waals surface area contributed by atoms with Gasteiger partial charge in [-0.3, -0.25) is 0 Å². The van der Waals surface area contributed by atoms with Gasteiger partial charge in [-0.2, -0.15) is 0 Å². The fourth-order valence-corrected chi connectivity index (χ4v) is 7.27. The number of benzene rings is 8. The maximum Gasteiger partial charge on any atom is 0.0620 e. The average molecular weight is 639 g/mol. The lowest BCUT2D eigenvalue weighted by Gasteiger charge is -2.28. The van der Waals surface area contributed by atoms with Crippen LogP contribution in [-0.4, -0.2) is 4.57 Å². The second kappa shape index (κ2) is 12.8. The molecule has 1 aromatic heterocycles. The second-order valence-electron chi connectivity index (χ2n) is 12.6. The highest BCUT2D eigenvalue weighted by Gasteiger charge is 2.21. The van der Waals surface area contributed by atoms with Gasteiger partial charge in [0.25, 0.3) is 0 Å². The molecule has 0 aliphatic heterocycles. The number of para-hydroxylation sites is 4. The van der Waals surface area contributed by atoms with Crippen molar-refractivity contribution >= 4 is 38.9 Å². The molecular weight excluding hydrogens is 605 g/mol. The van der Waals surface area contributed by atoms with E-state index in [1.54, 1.807) is 0 Å². The molecule has 2 nitrogen and oxygen atoms in total. The molecule has 0 unspecified atom stereocenters. The van der Waals surface area contributed by atoms with Crippen LogP contribution < -0.4 is 4.90 Å².